The van der Waals surface area contributed by atoms with E-state index in [-0.39, 0.29) is 0 Å². The Labute approximate surface area is 122 Å². The minimum atomic E-state index is -4.35. The third-order valence-electron chi connectivity index (χ3n) is 3.22. The summed E-state index contributed by atoms with van der Waals surface area (Å²) in [5.74, 6) is 0.407. The first-order valence-electron chi connectivity index (χ1n) is 6.68. The van der Waals surface area contributed by atoms with Gasteiger partial charge in [0.15, 0.2) is 0 Å². The summed E-state index contributed by atoms with van der Waals surface area (Å²) in [6.45, 7) is 0.549. The summed E-state index contributed by atoms with van der Waals surface area (Å²) in [6.07, 6.45) is 5.45. The molecule has 0 fully saturated rings. The van der Waals surface area contributed by atoms with Crippen LogP contribution in [-0.4, -0.2) is 13.7 Å². The highest BCUT2D eigenvalue weighted by Crippen LogP contribution is 2.34. The van der Waals surface area contributed by atoms with E-state index in [0.717, 1.165) is 25.0 Å². The molecule has 1 aromatic carbocycles. The Bertz CT molecular complexity index is 547. The van der Waals surface area contributed by atoms with Crippen molar-refractivity contribution in [1.82, 2.24) is 0 Å². The number of ether oxygens (including phenoxy) is 1. The number of hydrogen-bond acceptors (Lipinski definition) is 2. The lowest BCUT2D eigenvalue weighted by Crippen LogP contribution is -2.09. The van der Waals surface area contributed by atoms with E-state index in [1.165, 1.54) is 18.7 Å². The lowest BCUT2D eigenvalue weighted by Gasteiger charge is -2.15. The van der Waals surface area contributed by atoms with Crippen LogP contribution < -0.4 is 10.1 Å². The van der Waals surface area contributed by atoms with Gasteiger partial charge in [-0.1, -0.05) is 23.8 Å². The van der Waals surface area contributed by atoms with Gasteiger partial charge in [0.1, 0.15) is 5.75 Å². The molecule has 0 amide bonds. The largest absolute Gasteiger partial charge is 0.495 e. The van der Waals surface area contributed by atoms with Gasteiger partial charge in [0.05, 0.1) is 18.4 Å². The quantitative estimate of drug-likeness (QED) is 0.857. The molecule has 2 nitrogen and oxygen atoms in total. The zero-order valence-corrected chi connectivity index (χ0v) is 11.7. The van der Waals surface area contributed by atoms with Gasteiger partial charge in [0.2, 0.25) is 0 Å². The summed E-state index contributed by atoms with van der Waals surface area (Å²) in [5, 5.41) is 3.01. The van der Waals surface area contributed by atoms with E-state index in [1.807, 2.05) is 18.6 Å². The number of halogens is 3. The average Bonchev–Trinajstić information content (AvgIpc) is 2.47. The Morgan fingerprint density at radius 3 is 2.71 bits per heavy atom. The van der Waals surface area contributed by atoms with Gasteiger partial charge in [0, 0.05) is 6.54 Å². The van der Waals surface area contributed by atoms with Crippen LogP contribution in [0.2, 0.25) is 0 Å². The Kier molecular flexibility index (Phi) is 4.94. The van der Waals surface area contributed by atoms with E-state index in [1.54, 1.807) is 0 Å². The Morgan fingerprint density at radius 2 is 2.10 bits per heavy atom. The Balaban J connectivity index is 2.03. The molecule has 0 spiro atoms. The highest BCUT2D eigenvalue weighted by atomic mass is 19.4. The summed E-state index contributed by atoms with van der Waals surface area (Å²) in [5.41, 5.74) is 0.854. The fourth-order valence-corrected chi connectivity index (χ4v) is 2.11. The van der Waals surface area contributed by atoms with Crippen LogP contribution in [-0.2, 0) is 6.18 Å². The third kappa shape index (κ3) is 4.28. The van der Waals surface area contributed by atoms with Crippen molar-refractivity contribution in [2.45, 2.75) is 19.0 Å². The topological polar surface area (TPSA) is 21.3 Å². The molecular formula is C16H17F3NO. The van der Waals surface area contributed by atoms with Crippen LogP contribution in [0.15, 0.2) is 42.0 Å². The van der Waals surface area contributed by atoms with Crippen LogP contribution in [0.3, 0.4) is 0 Å². The summed E-state index contributed by atoms with van der Waals surface area (Å²) >= 11 is 0. The van der Waals surface area contributed by atoms with Crippen LogP contribution in [0, 0.1) is 6.42 Å². The third-order valence-corrected chi connectivity index (χ3v) is 3.22. The van der Waals surface area contributed by atoms with E-state index >= 15 is 0 Å². The number of hydrogen-bond donors (Lipinski definition) is 1. The highest BCUT2D eigenvalue weighted by molar-refractivity contribution is 5.58. The summed E-state index contributed by atoms with van der Waals surface area (Å²) in [4.78, 5) is 0. The zero-order valence-electron chi connectivity index (χ0n) is 11.7. The number of benzene rings is 1. The standard InChI is InChI=1S/C16H17F3NO/c1-21-15-8-7-13(16(17,18)19)11-14(15)20-10-9-12-5-3-2-4-6-12/h2-3,5-8,11,20H,4,9-10H2,1H3. The van der Waals surface area contributed by atoms with Gasteiger partial charge >= 0.3 is 6.18 Å². The zero-order chi connectivity index (χ0) is 15.3. The lowest BCUT2D eigenvalue weighted by atomic mass is 10.0. The lowest BCUT2D eigenvalue weighted by molar-refractivity contribution is -0.137. The van der Waals surface area contributed by atoms with Crippen molar-refractivity contribution in [3.8, 4) is 5.75 Å². The number of methoxy groups -OCH3 is 1. The molecule has 0 aliphatic heterocycles. The van der Waals surface area contributed by atoms with Crippen molar-refractivity contribution in [2.75, 3.05) is 19.0 Å². The Morgan fingerprint density at radius 1 is 1.29 bits per heavy atom. The molecule has 0 saturated carbocycles. The second-order valence-corrected chi connectivity index (χ2v) is 4.70. The van der Waals surface area contributed by atoms with Crippen LogP contribution in [0.25, 0.3) is 0 Å². The first-order valence-corrected chi connectivity index (χ1v) is 6.68. The highest BCUT2D eigenvalue weighted by Gasteiger charge is 2.31. The molecule has 21 heavy (non-hydrogen) atoms. The van der Waals surface area contributed by atoms with Gasteiger partial charge < -0.3 is 10.1 Å². The van der Waals surface area contributed by atoms with Crippen LogP contribution in [0.5, 0.6) is 5.75 Å². The summed E-state index contributed by atoms with van der Waals surface area (Å²) in [6, 6.07) is 3.43. The molecule has 113 valence electrons. The van der Waals surface area contributed by atoms with Crippen molar-refractivity contribution < 1.29 is 17.9 Å². The maximum absolute atomic E-state index is 12.7. The molecule has 0 unspecified atom stereocenters. The fourth-order valence-electron chi connectivity index (χ4n) is 2.11. The summed E-state index contributed by atoms with van der Waals surface area (Å²) < 4.78 is 43.3. The van der Waals surface area contributed by atoms with Gasteiger partial charge in [-0.3, -0.25) is 0 Å². The maximum atomic E-state index is 12.7. The van der Waals surface area contributed by atoms with Crippen LogP contribution >= 0.6 is 0 Å². The predicted molar refractivity (Wildman–Crippen MR) is 77.2 cm³/mol. The number of nitrogens with one attached hydrogen (secondary N) is 1. The van der Waals surface area contributed by atoms with E-state index in [2.05, 4.69) is 11.4 Å². The number of alkyl halides is 3. The van der Waals surface area contributed by atoms with Gasteiger partial charge in [-0.05, 0) is 37.5 Å². The molecule has 1 N–H and O–H groups in total. The SMILES string of the molecule is COc1ccc(C(F)(F)F)cc1NCCC1=CC[CH]C=C1. The van der Waals surface area contributed by atoms with Crippen molar-refractivity contribution in [3.63, 3.8) is 0 Å². The molecule has 0 saturated heterocycles. The van der Waals surface area contributed by atoms with Gasteiger partial charge in [-0.15, -0.1) is 0 Å². The normalized spacial score (nSPS) is 14.8. The molecule has 1 aromatic rings. The molecule has 1 radical (unpaired) electrons. The van der Waals surface area contributed by atoms with Gasteiger partial charge in [-0.2, -0.15) is 13.2 Å². The summed E-state index contributed by atoms with van der Waals surface area (Å²) in [7, 11) is 1.44. The predicted octanol–water partition coefficient (Wildman–Crippen LogP) is 4.61. The Hall–Kier alpha value is -1.91. The second kappa shape index (κ2) is 6.70. The van der Waals surface area contributed by atoms with Crippen LogP contribution in [0.4, 0.5) is 18.9 Å². The minimum Gasteiger partial charge on any atom is -0.495 e. The van der Waals surface area contributed by atoms with Crippen molar-refractivity contribution in [2.24, 2.45) is 0 Å². The number of anilines is 1. The second-order valence-electron chi connectivity index (χ2n) is 4.70. The number of allylic oxidation sites excluding steroid dienone is 3. The van der Waals surface area contributed by atoms with Gasteiger partial charge in [0.25, 0.3) is 0 Å². The molecule has 0 atom stereocenters. The molecule has 2 rings (SSSR count). The monoisotopic (exact) mass is 296 g/mol. The first-order chi connectivity index (χ1) is 10.0. The molecule has 1 aliphatic rings. The smallest absolute Gasteiger partial charge is 0.416 e. The van der Waals surface area contributed by atoms with E-state index in [9.17, 15) is 13.2 Å². The first kappa shape index (κ1) is 15.5. The van der Waals surface area contributed by atoms with Crippen molar-refractivity contribution in [3.05, 3.63) is 54.0 Å². The van der Waals surface area contributed by atoms with Crippen molar-refractivity contribution >= 4 is 5.69 Å². The van der Waals surface area contributed by atoms with E-state index < -0.39 is 11.7 Å². The molecule has 0 aromatic heterocycles. The molecule has 0 bridgehead atoms. The molecule has 5 heteroatoms. The molecule has 0 heterocycles. The maximum Gasteiger partial charge on any atom is 0.416 e. The van der Waals surface area contributed by atoms with E-state index in [0.29, 0.717) is 18.0 Å². The average molecular weight is 296 g/mol. The van der Waals surface area contributed by atoms with E-state index in [4.69, 9.17) is 4.74 Å². The molecular weight excluding hydrogens is 279 g/mol. The van der Waals surface area contributed by atoms with Gasteiger partial charge in [-0.25, -0.2) is 0 Å². The van der Waals surface area contributed by atoms with Crippen molar-refractivity contribution in [1.29, 1.82) is 0 Å². The van der Waals surface area contributed by atoms with Crippen LogP contribution in [0.1, 0.15) is 18.4 Å². The molecule has 1 aliphatic carbocycles. The fraction of sp³-hybridized carbons (Fsp3) is 0.312. The number of rotatable bonds is 5. The minimum absolute atomic E-state index is 0.360.